The van der Waals surface area contributed by atoms with Crippen LogP contribution in [0.1, 0.15) is 24.1 Å². The number of nitrogens with zero attached hydrogens (tertiary/aromatic N) is 1. The van der Waals surface area contributed by atoms with Crippen molar-refractivity contribution in [2.24, 2.45) is 0 Å². The first-order chi connectivity index (χ1) is 11.6. The van der Waals surface area contributed by atoms with E-state index < -0.39 is 12.1 Å². The minimum Gasteiger partial charge on any atom is -0.358 e. The number of rotatable bonds is 1. The molecular formula is C17H18N4O3. The van der Waals surface area contributed by atoms with Gasteiger partial charge in [-0.15, -0.1) is 0 Å². The number of fused-ring (bicyclic) bond motifs is 3. The number of amides is 4. The second kappa shape index (κ2) is 5.67. The molecule has 7 nitrogen and oxygen atoms in total. The van der Waals surface area contributed by atoms with E-state index in [2.05, 4.69) is 21.7 Å². The van der Waals surface area contributed by atoms with Gasteiger partial charge in [0.15, 0.2) is 0 Å². The van der Waals surface area contributed by atoms with E-state index in [0.717, 1.165) is 22.9 Å². The fourth-order valence-corrected chi connectivity index (χ4v) is 3.49. The lowest BCUT2D eigenvalue weighted by molar-refractivity contribution is -0.134. The minimum atomic E-state index is -0.650. The van der Waals surface area contributed by atoms with Gasteiger partial charge in [0.05, 0.1) is 0 Å². The summed E-state index contributed by atoms with van der Waals surface area (Å²) in [6.45, 7) is 1.12. The predicted octanol–water partition coefficient (Wildman–Crippen LogP) is 1.04. The Bertz CT molecular complexity index is 841. The first kappa shape index (κ1) is 14.7. The molecule has 2 aliphatic rings. The van der Waals surface area contributed by atoms with Crippen LogP contribution < -0.4 is 10.6 Å². The van der Waals surface area contributed by atoms with Crippen LogP contribution >= 0.6 is 0 Å². The van der Waals surface area contributed by atoms with Crippen molar-refractivity contribution in [1.29, 1.82) is 0 Å². The molecule has 24 heavy (non-hydrogen) atoms. The number of benzene rings is 1. The summed E-state index contributed by atoms with van der Waals surface area (Å²) < 4.78 is 0. The van der Waals surface area contributed by atoms with E-state index in [-0.39, 0.29) is 18.2 Å². The summed E-state index contributed by atoms with van der Waals surface area (Å²) in [6, 6.07) is 6.80. The molecule has 0 unspecified atom stereocenters. The summed E-state index contributed by atoms with van der Waals surface area (Å²) in [5.74, 6) is -0.476. The van der Waals surface area contributed by atoms with Crippen molar-refractivity contribution in [2.45, 2.75) is 31.8 Å². The maximum Gasteiger partial charge on any atom is 0.322 e. The van der Waals surface area contributed by atoms with Gasteiger partial charge in [-0.1, -0.05) is 18.2 Å². The van der Waals surface area contributed by atoms with Gasteiger partial charge in [0, 0.05) is 48.1 Å². The quantitative estimate of drug-likeness (QED) is 0.731. The Balaban J connectivity index is 1.56. The second-order valence-corrected chi connectivity index (χ2v) is 6.25. The molecule has 0 radical (unpaired) electrons. The van der Waals surface area contributed by atoms with E-state index in [1.807, 2.05) is 18.2 Å². The summed E-state index contributed by atoms with van der Waals surface area (Å²) in [6.07, 6.45) is 1.25. The van der Waals surface area contributed by atoms with E-state index in [1.54, 1.807) is 4.90 Å². The predicted molar refractivity (Wildman–Crippen MR) is 87.1 cm³/mol. The average molecular weight is 326 g/mol. The first-order valence-corrected chi connectivity index (χ1v) is 8.09. The van der Waals surface area contributed by atoms with Crippen LogP contribution in [0.2, 0.25) is 0 Å². The molecule has 1 aromatic heterocycles. The summed E-state index contributed by atoms with van der Waals surface area (Å²) in [5, 5.41) is 5.92. The monoisotopic (exact) mass is 326 g/mol. The largest absolute Gasteiger partial charge is 0.358 e. The molecule has 1 fully saturated rings. The maximum atomic E-state index is 12.8. The molecule has 1 aromatic carbocycles. The van der Waals surface area contributed by atoms with Crippen molar-refractivity contribution in [3.8, 4) is 0 Å². The number of carbonyl (C=O) groups is 3. The van der Waals surface area contributed by atoms with Gasteiger partial charge in [-0.2, -0.15) is 0 Å². The summed E-state index contributed by atoms with van der Waals surface area (Å²) in [7, 11) is 0. The van der Waals surface area contributed by atoms with Crippen LogP contribution in [0.25, 0.3) is 10.9 Å². The molecule has 3 N–H and O–H groups in total. The molecule has 1 saturated heterocycles. The first-order valence-electron chi connectivity index (χ1n) is 8.09. The van der Waals surface area contributed by atoms with Crippen molar-refractivity contribution in [2.75, 3.05) is 6.54 Å². The maximum absolute atomic E-state index is 12.8. The minimum absolute atomic E-state index is 0.129. The topological polar surface area (TPSA) is 94.3 Å². The fraction of sp³-hybridized carbons (Fsp3) is 0.353. The Morgan fingerprint density at radius 3 is 2.88 bits per heavy atom. The van der Waals surface area contributed by atoms with Crippen molar-refractivity contribution in [1.82, 2.24) is 20.5 Å². The van der Waals surface area contributed by atoms with Gasteiger partial charge >= 0.3 is 6.03 Å². The number of carbonyl (C=O) groups excluding carboxylic acids is 3. The van der Waals surface area contributed by atoms with Crippen molar-refractivity contribution in [3.05, 3.63) is 35.5 Å². The Kier molecular flexibility index (Phi) is 3.48. The normalized spacial score (nSPS) is 21.0. The van der Waals surface area contributed by atoms with Gasteiger partial charge in [-0.25, -0.2) is 4.79 Å². The number of nitrogens with one attached hydrogen (secondary N) is 3. The van der Waals surface area contributed by atoms with E-state index in [1.165, 1.54) is 5.69 Å². The van der Waals surface area contributed by atoms with Crippen molar-refractivity contribution >= 4 is 28.7 Å². The number of aromatic nitrogens is 1. The highest BCUT2D eigenvalue weighted by molar-refractivity contribution is 5.98. The van der Waals surface area contributed by atoms with Crippen LogP contribution in [-0.4, -0.2) is 40.3 Å². The third kappa shape index (κ3) is 2.51. The third-order valence-corrected chi connectivity index (χ3v) is 4.71. The van der Waals surface area contributed by atoms with Gasteiger partial charge in [0.25, 0.3) is 0 Å². The van der Waals surface area contributed by atoms with Crippen molar-refractivity contribution < 1.29 is 14.4 Å². The van der Waals surface area contributed by atoms with E-state index in [0.29, 0.717) is 19.5 Å². The molecule has 2 aromatic rings. The smallest absolute Gasteiger partial charge is 0.322 e. The highest BCUT2D eigenvalue weighted by Crippen LogP contribution is 2.28. The zero-order chi connectivity index (χ0) is 16.7. The van der Waals surface area contributed by atoms with Crippen LogP contribution in [0.15, 0.2) is 24.3 Å². The summed E-state index contributed by atoms with van der Waals surface area (Å²) >= 11 is 0. The van der Waals surface area contributed by atoms with Crippen LogP contribution in [0.3, 0.4) is 0 Å². The molecule has 124 valence electrons. The molecule has 2 aliphatic heterocycles. The zero-order valence-corrected chi connectivity index (χ0v) is 13.1. The molecular weight excluding hydrogens is 308 g/mol. The highest BCUT2D eigenvalue weighted by Gasteiger charge is 2.32. The molecule has 3 heterocycles. The third-order valence-electron chi connectivity index (χ3n) is 4.71. The molecule has 4 amide bonds. The Morgan fingerprint density at radius 2 is 2.00 bits per heavy atom. The van der Waals surface area contributed by atoms with Gasteiger partial charge in [0.2, 0.25) is 11.8 Å². The second-order valence-electron chi connectivity index (χ2n) is 6.25. The van der Waals surface area contributed by atoms with E-state index in [4.69, 9.17) is 0 Å². The van der Waals surface area contributed by atoms with Gasteiger partial charge in [0.1, 0.15) is 6.04 Å². The summed E-state index contributed by atoms with van der Waals surface area (Å²) in [5.41, 5.74) is 3.38. The van der Waals surface area contributed by atoms with E-state index in [9.17, 15) is 14.4 Å². The van der Waals surface area contributed by atoms with Crippen LogP contribution in [0, 0.1) is 0 Å². The molecule has 7 heteroatoms. The van der Waals surface area contributed by atoms with Crippen molar-refractivity contribution in [3.63, 3.8) is 0 Å². The number of hydrogen-bond acceptors (Lipinski definition) is 3. The molecule has 4 rings (SSSR count). The summed E-state index contributed by atoms with van der Waals surface area (Å²) in [4.78, 5) is 41.0. The van der Waals surface area contributed by atoms with Gasteiger partial charge in [-0.05, 0) is 12.5 Å². The molecule has 0 saturated carbocycles. The molecule has 0 spiro atoms. The van der Waals surface area contributed by atoms with Crippen LogP contribution in [-0.2, 0) is 22.6 Å². The van der Waals surface area contributed by atoms with Crippen LogP contribution in [0.5, 0.6) is 0 Å². The Labute approximate surface area is 138 Å². The lowest BCUT2D eigenvalue weighted by atomic mass is 10.0. The SMILES string of the molecule is O=C1CC[C@@H](C(=O)N2CCc3[nH]c4ccccc4c3C2)NC(=O)N1. The van der Waals surface area contributed by atoms with Gasteiger partial charge < -0.3 is 15.2 Å². The number of imide groups is 1. The van der Waals surface area contributed by atoms with Gasteiger partial charge in [-0.3, -0.25) is 14.9 Å². The number of aromatic amines is 1. The fourth-order valence-electron chi connectivity index (χ4n) is 3.49. The number of hydrogen-bond donors (Lipinski definition) is 3. The number of para-hydroxylation sites is 1. The number of urea groups is 1. The van der Waals surface area contributed by atoms with Crippen LogP contribution in [0.4, 0.5) is 4.79 Å². The van der Waals surface area contributed by atoms with E-state index >= 15 is 0 Å². The highest BCUT2D eigenvalue weighted by atomic mass is 16.2. The lowest BCUT2D eigenvalue weighted by Crippen LogP contribution is -2.50. The lowest BCUT2D eigenvalue weighted by Gasteiger charge is -2.30. The molecule has 0 aliphatic carbocycles. The Hall–Kier alpha value is -2.83. The molecule has 1 atom stereocenters. The zero-order valence-electron chi connectivity index (χ0n) is 13.1. The Morgan fingerprint density at radius 1 is 1.17 bits per heavy atom. The molecule has 0 bridgehead atoms. The standard InChI is InChI=1S/C17H18N4O3/c22-15-6-5-14(19-17(24)20-15)16(23)21-8-7-13-11(9-21)10-3-1-2-4-12(10)18-13/h1-4,14,18H,5-9H2,(H2,19,20,22,24)/t14-/m0/s1. The average Bonchev–Trinajstić information content (AvgIpc) is 2.86. The number of H-pyrrole nitrogens is 1.